The van der Waals surface area contributed by atoms with Crippen LogP contribution in [0.25, 0.3) is 0 Å². The highest BCUT2D eigenvalue weighted by Crippen LogP contribution is 2.23. The summed E-state index contributed by atoms with van der Waals surface area (Å²) in [5, 5.41) is 0. The number of carbonyl (C=O) groups excluding carboxylic acids is 3. The van der Waals surface area contributed by atoms with E-state index in [1.54, 1.807) is 6.92 Å². The third-order valence-corrected chi connectivity index (χ3v) is 6.75. The molecule has 28 heavy (non-hydrogen) atoms. The first-order valence-electron chi connectivity index (χ1n) is 8.99. The summed E-state index contributed by atoms with van der Waals surface area (Å²) in [5.74, 6) is -1.68. The molecular formula is C18H22N2O7S. The molecule has 10 heteroatoms. The fraction of sp³-hybridized carbons (Fsp3) is 0.500. The number of morpholine rings is 1. The van der Waals surface area contributed by atoms with Crippen LogP contribution in [0.1, 0.15) is 28.8 Å². The number of ether oxygens (including phenoxy) is 2. The van der Waals surface area contributed by atoms with Gasteiger partial charge < -0.3 is 9.47 Å². The van der Waals surface area contributed by atoms with Crippen molar-refractivity contribution < 1.29 is 32.3 Å². The van der Waals surface area contributed by atoms with Crippen molar-refractivity contribution in [3.8, 4) is 0 Å². The van der Waals surface area contributed by atoms with Crippen LogP contribution in [-0.2, 0) is 29.1 Å². The molecule has 0 aromatic heterocycles. The zero-order valence-corrected chi connectivity index (χ0v) is 16.4. The number of likely N-dealkylation sites (tertiary alicyclic amines) is 1. The maximum Gasteiger partial charge on any atom is 0.338 e. The van der Waals surface area contributed by atoms with Crippen LogP contribution in [0.15, 0.2) is 23.1 Å². The van der Waals surface area contributed by atoms with Gasteiger partial charge in [-0.2, -0.15) is 4.31 Å². The van der Waals surface area contributed by atoms with E-state index in [-0.39, 0.29) is 29.5 Å². The van der Waals surface area contributed by atoms with Gasteiger partial charge in [-0.3, -0.25) is 14.5 Å². The molecule has 0 radical (unpaired) electrons. The molecule has 2 amide bonds. The van der Waals surface area contributed by atoms with Crippen molar-refractivity contribution in [2.24, 2.45) is 0 Å². The summed E-state index contributed by atoms with van der Waals surface area (Å²) in [6.07, 6.45) is 0.902. The zero-order valence-electron chi connectivity index (χ0n) is 15.5. The molecule has 0 spiro atoms. The smallest absolute Gasteiger partial charge is 0.338 e. The van der Waals surface area contributed by atoms with Crippen LogP contribution in [0.4, 0.5) is 0 Å². The Morgan fingerprint density at radius 3 is 2.54 bits per heavy atom. The zero-order chi connectivity index (χ0) is 20.3. The van der Waals surface area contributed by atoms with Gasteiger partial charge >= 0.3 is 5.97 Å². The Morgan fingerprint density at radius 1 is 1.18 bits per heavy atom. The van der Waals surface area contributed by atoms with Gasteiger partial charge in [0, 0.05) is 26.1 Å². The number of aryl methyl sites for hydroxylation is 1. The Bertz CT molecular complexity index is 891. The van der Waals surface area contributed by atoms with Gasteiger partial charge in [-0.15, -0.1) is 0 Å². The highest BCUT2D eigenvalue weighted by molar-refractivity contribution is 7.89. The summed E-state index contributed by atoms with van der Waals surface area (Å²) in [4.78, 5) is 36.9. The van der Waals surface area contributed by atoms with Crippen molar-refractivity contribution in [2.75, 3.05) is 39.5 Å². The van der Waals surface area contributed by atoms with Crippen molar-refractivity contribution in [1.29, 1.82) is 0 Å². The van der Waals surface area contributed by atoms with Gasteiger partial charge in [-0.25, -0.2) is 13.2 Å². The number of amides is 2. The highest BCUT2D eigenvalue weighted by atomic mass is 32.2. The van der Waals surface area contributed by atoms with Crippen LogP contribution < -0.4 is 0 Å². The maximum atomic E-state index is 12.9. The predicted octanol–water partition coefficient (Wildman–Crippen LogP) is 0.322. The Kier molecular flexibility index (Phi) is 6.11. The van der Waals surface area contributed by atoms with Crippen molar-refractivity contribution in [1.82, 2.24) is 9.21 Å². The molecule has 2 aliphatic rings. The molecule has 0 saturated carbocycles. The van der Waals surface area contributed by atoms with Crippen molar-refractivity contribution in [2.45, 2.75) is 24.7 Å². The Labute approximate surface area is 163 Å². The molecule has 0 bridgehead atoms. The second kappa shape index (κ2) is 8.38. The Hall–Kier alpha value is -2.30. The molecule has 0 atom stereocenters. The normalized spacial score (nSPS) is 18.3. The third kappa shape index (κ3) is 4.23. The lowest BCUT2D eigenvalue weighted by Gasteiger charge is -2.26. The van der Waals surface area contributed by atoms with E-state index in [4.69, 9.17) is 9.47 Å². The van der Waals surface area contributed by atoms with Crippen LogP contribution in [0.5, 0.6) is 0 Å². The van der Waals surface area contributed by atoms with Crippen molar-refractivity contribution in [3.63, 3.8) is 0 Å². The van der Waals surface area contributed by atoms with E-state index >= 15 is 0 Å². The molecule has 9 nitrogen and oxygen atoms in total. The topological polar surface area (TPSA) is 110 Å². The number of hydrogen-bond acceptors (Lipinski definition) is 7. The minimum atomic E-state index is -3.77. The van der Waals surface area contributed by atoms with Crippen LogP contribution in [0, 0.1) is 6.92 Å². The second-order valence-electron chi connectivity index (χ2n) is 6.62. The quantitative estimate of drug-likeness (QED) is 0.643. The number of nitrogens with zero attached hydrogens (tertiary/aromatic N) is 2. The summed E-state index contributed by atoms with van der Waals surface area (Å²) >= 11 is 0. The molecule has 2 fully saturated rings. The maximum absolute atomic E-state index is 12.9. The molecule has 152 valence electrons. The average Bonchev–Trinajstić information content (AvgIpc) is 3.12. The van der Waals surface area contributed by atoms with Gasteiger partial charge in [0.05, 0.1) is 23.7 Å². The number of imide groups is 1. The third-order valence-electron chi connectivity index (χ3n) is 4.71. The number of sulfonamides is 1. The van der Waals surface area contributed by atoms with E-state index in [1.165, 1.54) is 22.5 Å². The number of benzene rings is 1. The van der Waals surface area contributed by atoms with Gasteiger partial charge in [0.25, 0.3) is 5.91 Å². The molecule has 2 saturated heterocycles. The van der Waals surface area contributed by atoms with E-state index in [2.05, 4.69) is 0 Å². The van der Waals surface area contributed by atoms with Crippen LogP contribution in [0.3, 0.4) is 0 Å². The molecule has 0 unspecified atom stereocenters. The molecule has 2 aliphatic heterocycles. The molecular weight excluding hydrogens is 388 g/mol. The molecule has 3 rings (SSSR count). The summed E-state index contributed by atoms with van der Waals surface area (Å²) in [6, 6.07) is 4.23. The van der Waals surface area contributed by atoms with E-state index in [1.807, 2.05) is 0 Å². The lowest BCUT2D eigenvalue weighted by molar-refractivity contribution is -0.143. The van der Waals surface area contributed by atoms with Gasteiger partial charge in [0.2, 0.25) is 15.9 Å². The van der Waals surface area contributed by atoms with Crippen LogP contribution in [0.2, 0.25) is 0 Å². The van der Waals surface area contributed by atoms with Gasteiger partial charge in [-0.1, -0.05) is 6.07 Å². The number of carbonyl (C=O) groups is 3. The molecule has 0 N–H and O–H groups in total. The number of hydrogen-bond donors (Lipinski definition) is 0. The molecule has 0 aliphatic carbocycles. The summed E-state index contributed by atoms with van der Waals surface area (Å²) in [5.41, 5.74) is 0.528. The average molecular weight is 410 g/mol. The standard InChI is InChI=1S/C18H22N2O7S/c1-13-4-5-14(11-15(13)28(24,25)19-7-9-26-10-8-19)18(23)27-12-17(22)20-6-2-3-16(20)21/h4-5,11H,2-3,6-10,12H2,1H3. The predicted molar refractivity (Wildman–Crippen MR) is 97.0 cm³/mol. The molecule has 1 aromatic carbocycles. The van der Waals surface area contributed by atoms with Crippen molar-refractivity contribution >= 4 is 27.8 Å². The number of rotatable bonds is 5. The monoisotopic (exact) mass is 410 g/mol. The minimum Gasteiger partial charge on any atom is -0.452 e. The van der Waals surface area contributed by atoms with Crippen LogP contribution in [-0.4, -0.2) is 74.9 Å². The van der Waals surface area contributed by atoms with Crippen molar-refractivity contribution in [3.05, 3.63) is 29.3 Å². The molecule has 1 aromatic rings. The second-order valence-corrected chi connectivity index (χ2v) is 8.52. The van der Waals surface area contributed by atoms with E-state index in [9.17, 15) is 22.8 Å². The number of esters is 1. The Balaban J connectivity index is 1.72. The largest absolute Gasteiger partial charge is 0.452 e. The first-order chi connectivity index (χ1) is 13.3. The van der Waals surface area contributed by atoms with E-state index in [0.29, 0.717) is 38.2 Å². The van der Waals surface area contributed by atoms with E-state index < -0.39 is 28.5 Å². The lowest BCUT2D eigenvalue weighted by Crippen LogP contribution is -2.40. The minimum absolute atomic E-state index is 0.0184. The molecule has 2 heterocycles. The van der Waals surface area contributed by atoms with Crippen LogP contribution >= 0.6 is 0 Å². The van der Waals surface area contributed by atoms with E-state index in [0.717, 1.165) is 4.90 Å². The van der Waals surface area contributed by atoms with Gasteiger partial charge in [0.15, 0.2) is 6.61 Å². The summed E-state index contributed by atoms with van der Waals surface area (Å²) < 4.78 is 37.3. The fourth-order valence-electron chi connectivity index (χ4n) is 3.13. The Morgan fingerprint density at radius 2 is 1.89 bits per heavy atom. The summed E-state index contributed by atoms with van der Waals surface area (Å²) in [6.45, 7) is 2.52. The first-order valence-corrected chi connectivity index (χ1v) is 10.4. The summed E-state index contributed by atoms with van der Waals surface area (Å²) in [7, 11) is -3.77. The van der Waals surface area contributed by atoms with Gasteiger partial charge in [-0.05, 0) is 31.0 Å². The lowest BCUT2D eigenvalue weighted by atomic mass is 10.1. The van der Waals surface area contributed by atoms with Gasteiger partial charge in [0.1, 0.15) is 0 Å². The first kappa shape index (κ1) is 20.4. The fourth-order valence-corrected chi connectivity index (χ4v) is 4.79. The SMILES string of the molecule is Cc1ccc(C(=O)OCC(=O)N2CCCC2=O)cc1S(=O)(=O)N1CCOCC1. The highest BCUT2D eigenvalue weighted by Gasteiger charge is 2.30.